The molecule has 1 saturated carbocycles. The minimum atomic E-state index is -1.09. The number of carbonyl (C=O) groups is 3. The number of halogens is 1. The predicted octanol–water partition coefficient (Wildman–Crippen LogP) is 2.55. The van der Waals surface area contributed by atoms with E-state index in [-0.39, 0.29) is 11.6 Å². The van der Waals surface area contributed by atoms with Crippen molar-refractivity contribution in [1.82, 2.24) is 15.6 Å². The first-order valence-electron chi connectivity index (χ1n) is 7.88. The molecule has 8 heteroatoms. The van der Waals surface area contributed by atoms with E-state index < -0.39 is 24.0 Å². The van der Waals surface area contributed by atoms with Crippen LogP contribution in [0.3, 0.4) is 0 Å². The van der Waals surface area contributed by atoms with Gasteiger partial charge in [0.15, 0.2) is 6.10 Å². The molecule has 1 aromatic rings. The second-order valence-corrected chi connectivity index (χ2v) is 6.65. The molecule has 0 bridgehead atoms. The first-order chi connectivity index (χ1) is 11.5. The minimum Gasteiger partial charge on any atom is -0.449 e. The van der Waals surface area contributed by atoms with Gasteiger partial charge in [-0.15, -0.1) is 0 Å². The first kappa shape index (κ1) is 18.4. The zero-order valence-electron chi connectivity index (χ0n) is 13.4. The van der Waals surface area contributed by atoms with E-state index in [4.69, 9.17) is 4.74 Å². The smallest absolute Gasteiger partial charge is 0.340 e. The van der Waals surface area contributed by atoms with Gasteiger partial charge >= 0.3 is 12.0 Å². The highest BCUT2D eigenvalue weighted by molar-refractivity contribution is 9.10. The van der Waals surface area contributed by atoms with Crippen molar-refractivity contribution in [3.05, 3.63) is 28.5 Å². The lowest BCUT2D eigenvalue weighted by molar-refractivity contribution is -0.127. The summed E-state index contributed by atoms with van der Waals surface area (Å²) in [5.74, 6) is -1.35. The average Bonchev–Trinajstić information content (AvgIpc) is 2.55. The number of nitrogens with one attached hydrogen (secondary N) is 2. The molecule has 1 aliphatic rings. The number of carbonyl (C=O) groups excluding carboxylic acids is 3. The summed E-state index contributed by atoms with van der Waals surface area (Å²) in [5.41, 5.74) is 0.218. The van der Waals surface area contributed by atoms with Gasteiger partial charge in [-0.2, -0.15) is 0 Å². The van der Waals surface area contributed by atoms with Gasteiger partial charge in [-0.1, -0.05) is 19.3 Å². The van der Waals surface area contributed by atoms with E-state index in [2.05, 4.69) is 31.5 Å². The quantitative estimate of drug-likeness (QED) is 0.760. The van der Waals surface area contributed by atoms with Crippen LogP contribution in [0.25, 0.3) is 0 Å². The van der Waals surface area contributed by atoms with Crippen LogP contribution in [0.4, 0.5) is 4.79 Å². The number of imide groups is 1. The van der Waals surface area contributed by atoms with Crippen molar-refractivity contribution < 1.29 is 19.1 Å². The SMILES string of the molecule is C[C@H](OC(=O)c1cncc(Br)c1)C(=O)NC(=O)NC1CCCCC1. The number of amides is 3. The molecule has 1 fully saturated rings. The van der Waals surface area contributed by atoms with Crippen LogP contribution >= 0.6 is 15.9 Å². The molecule has 0 aromatic carbocycles. The first-order valence-corrected chi connectivity index (χ1v) is 8.68. The number of nitrogens with zero attached hydrogens (tertiary/aromatic N) is 1. The molecular formula is C16H20BrN3O4. The third-order valence-electron chi connectivity index (χ3n) is 3.77. The Balaban J connectivity index is 1.80. The second kappa shape index (κ2) is 8.77. The predicted molar refractivity (Wildman–Crippen MR) is 90.4 cm³/mol. The average molecular weight is 398 g/mol. The van der Waals surface area contributed by atoms with Gasteiger partial charge in [0.2, 0.25) is 0 Å². The topological polar surface area (TPSA) is 97.4 Å². The molecule has 130 valence electrons. The van der Waals surface area contributed by atoms with Crippen LogP contribution in [-0.4, -0.2) is 35.0 Å². The fourth-order valence-corrected chi connectivity index (χ4v) is 2.85. The normalized spacial score (nSPS) is 16.1. The molecule has 1 atom stereocenters. The van der Waals surface area contributed by atoms with Gasteiger partial charge in [0.05, 0.1) is 5.56 Å². The van der Waals surface area contributed by atoms with Crippen LogP contribution in [0, 0.1) is 0 Å². The highest BCUT2D eigenvalue weighted by Crippen LogP contribution is 2.17. The zero-order chi connectivity index (χ0) is 17.5. The number of rotatable bonds is 4. The Kier molecular flexibility index (Phi) is 6.72. The van der Waals surface area contributed by atoms with Crippen molar-refractivity contribution in [3.8, 4) is 0 Å². The summed E-state index contributed by atoms with van der Waals surface area (Å²) in [7, 11) is 0. The summed E-state index contributed by atoms with van der Waals surface area (Å²) in [5, 5.41) is 4.97. The van der Waals surface area contributed by atoms with Gasteiger partial charge in [-0.3, -0.25) is 15.1 Å². The van der Waals surface area contributed by atoms with Gasteiger partial charge in [0.1, 0.15) is 0 Å². The number of hydrogen-bond acceptors (Lipinski definition) is 5. The monoisotopic (exact) mass is 397 g/mol. The maximum Gasteiger partial charge on any atom is 0.340 e. The largest absolute Gasteiger partial charge is 0.449 e. The summed E-state index contributed by atoms with van der Waals surface area (Å²) < 4.78 is 5.68. The van der Waals surface area contributed by atoms with Crippen LogP contribution in [-0.2, 0) is 9.53 Å². The molecule has 0 radical (unpaired) electrons. The molecule has 0 saturated heterocycles. The molecule has 3 amide bonds. The van der Waals surface area contributed by atoms with Gasteiger partial charge in [-0.25, -0.2) is 9.59 Å². The highest BCUT2D eigenvalue weighted by atomic mass is 79.9. The van der Waals surface area contributed by atoms with E-state index in [0.717, 1.165) is 25.7 Å². The van der Waals surface area contributed by atoms with Crippen molar-refractivity contribution in [2.24, 2.45) is 0 Å². The number of ether oxygens (including phenoxy) is 1. The number of esters is 1. The van der Waals surface area contributed by atoms with E-state index in [1.165, 1.54) is 31.8 Å². The molecule has 1 aromatic heterocycles. The Morgan fingerprint density at radius 3 is 2.62 bits per heavy atom. The third kappa shape index (κ3) is 5.59. The molecule has 7 nitrogen and oxygen atoms in total. The van der Waals surface area contributed by atoms with E-state index in [1.807, 2.05) is 0 Å². The van der Waals surface area contributed by atoms with Gasteiger partial charge < -0.3 is 10.1 Å². The lowest BCUT2D eigenvalue weighted by atomic mass is 9.96. The Hall–Kier alpha value is -1.96. The van der Waals surface area contributed by atoms with Crippen molar-refractivity contribution in [2.45, 2.75) is 51.2 Å². The zero-order valence-corrected chi connectivity index (χ0v) is 15.0. The molecular weight excluding hydrogens is 378 g/mol. The van der Waals surface area contributed by atoms with Crippen molar-refractivity contribution in [3.63, 3.8) is 0 Å². The Morgan fingerprint density at radius 2 is 1.96 bits per heavy atom. The van der Waals surface area contributed by atoms with Gasteiger partial charge in [-0.05, 0) is 41.8 Å². The fourth-order valence-electron chi connectivity index (χ4n) is 2.49. The van der Waals surface area contributed by atoms with Crippen LogP contribution in [0.5, 0.6) is 0 Å². The van der Waals surface area contributed by atoms with Crippen molar-refractivity contribution in [2.75, 3.05) is 0 Å². The summed E-state index contributed by atoms with van der Waals surface area (Å²) in [6.07, 6.45) is 6.95. The summed E-state index contributed by atoms with van der Waals surface area (Å²) in [4.78, 5) is 39.6. The van der Waals surface area contributed by atoms with Crippen LogP contribution in [0.1, 0.15) is 49.4 Å². The van der Waals surface area contributed by atoms with Crippen LogP contribution in [0.15, 0.2) is 22.9 Å². The molecule has 1 heterocycles. The van der Waals surface area contributed by atoms with Crippen molar-refractivity contribution in [1.29, 1.82) is 0 Å². The summed E-state index contributed by atoms with van der Waals surface area (Å²) in [6, 6.07) is 1.08. The molecule has 2 rings (SSSR count). The Morgan fingerprint density at radius 1 is 1.25 bits per heavy atom. The van der Waals surface area contributed by atoms with Gasteiger partial charge in [0.25, 0.3) is 5.91 Å². The molecule has 24 heavy (non-hydrogen) atoms. The van der Waals surface area contributed by atoms with E-state index in [1.54, 1.807) is 0 Å². The summed E-state index contributed by atoms with van der Waals surface area (Å²) >= 11 is 3.20. The van der Waals surface area contributed by atoms with E-state index in [0.29, 0.717) is 4.47 Å². The fraction of sp³-hybridized carbons (Fsp3) is 0.500. The number of aromatic nitrogens is 1. The molecule has 1 aliphatic carbocycles. The maximum atomic E-state index is 12.0. The Labute approximate surface area is 148 Å². The number of pyridine rings is 1. The standard InChI is InChI=1S/C16H20BrN3O4/c1-10(24-15(22)11-7-12(17)9-18-8-11)14(21)20-16(23)19-13-5-3-2-4-6-13/h7-10,13H,2-6H2,1H3,(H2,19,20,21,23)/t10-/m0/s1. The van der Waals surface area contributed by atoms with Crippen LogP contribution in [0.2, 0.25) is 0 Å². The lowest BCUT2D eigenvalue weighted by Gasteiger charge is -2.23. The van der Waals surface area contributed by atoms with Crippen LogP contribution < -0.4 is 10.6 Å². The Bertz CT molecular complexity index is 617. The third-order valence-corrected chi connectivity index (χ3v) is 4.20. The highest BCUT2D eigenvalue weighted by Gasteiger charge is 2.22. The molecule has 2 N–H and O–H groups in total. The number of urea groups is 1. The molecule has 0 aliphatic heterocycles. The second-order valence-electron chi connectivity index (χ2n) is 5.74. The van der Waals surface area contributed by atoms with Crippen molar-refractivity contribution >= 4 is 33.8 Å². The lowest BCUT2D eigenvalue weighted by Crippen LogP contribution is -2.48. The molecule has 0 spiro atoms. The minimum absolute atomic E-state index is 0.0946. The molecule has 0 unspecified atom stereocenters. The van der Waals surface area contributed by atoms with E-state index >= 15 is 0 Å². The van der Waals surface area contributed by atoms with Gasteiger partial charge in [0, 0.05) is 22.9 Å². The summed E-state index contributed by atoms with van der Waals surface area (Å²) in [6.45, 7) is 1.41. The number of hydrogen-bond donors (Lipinski definition) is 2. The maximum absolute atomic E-state index is 12.0. The van der Waals surface area contributed by atoms with E-state index in [9.17, 15) is 14.4 Å².